The van der Waals surface area contributed by atoms with Gasteiger partial charge in [0.2, 0.25) is 5.95 Å². The fourth-order valence-corrected chi connectivity index (χ4v) is 2.07. The van der Waals surface area contributed by atoms with Crippen molar-refractivity contribution in [1.29, 1.82) is 0 Å². The summed E-state index contributed by atoms with van der Waals surface area (Å²) in [6.07, 6.45) is -4.67. The third kappa shape index (κ3) is 5.76. The van der Waals surface area contributed by atoms with E-state index in [9.17, 15) is 18.0 Å². The molecule has 0 atom stereocenters. The molecule has 140 valence electrons. The zero-order valence-corrected chi connectivity index (χ0v) is 14.9. The molecule has 0 radical (unpaired) electrons. The van der Waals surface area contributed by atoms with Crippen LogP contribution in [0.4, 0.5) is 35.3 Å². The molecule has 0 aliphatic rings. The smallest absolute Gasteiger partial charge is 0.420 e. The van der Waals surface area contributed by atoms with Gasteiger partial charge in [-0.1, -0.05) is 17.7 Å². The molecule has 0 aliphatic heterocycles. The minimum absolute atomic E-state index is 0.114. The molecule has 1 amide bonds. The third-order valence-electron chi connectivity index (χ3n) is 2.81. The summed E-state index contributed by atoms with van der Waals surface area (Å²) >= 11 is 5.56. The molecule has 1 aromatic carbocycles. The molecule has 0 saturated carbocycles. The van der Waals surface area contributed by atoms with E-state index >= 15 is 0 Å². The van der Waals surface area contributed by atoms with Gasteiger partial charge in [-0.25, -0.2) is 14.8 Å². The molecular weight excluding hydrogens is 373 g/mol. The van der Waals surface area contributed by atoms with Crippen LogP contribution in [0.25, 0.3) is 0 Å². The Kier molecular flexibility index (Phi) is 5.60. The van der Waals surface area contributed by atoms with Gasteiger partial charge < -0.3 is 10.1 Å². The summed E-state index contributed by atoms with van der Waals surface area (Å²) in [5.41, 5.74) is -0.910. The summed E-state index contributed by atoms with van der Waals surface area (Å²) in [6, 6.07) is 6.41. The minimum Gasteiger partial charge on any atom is -0.444 e. The Hall–Kier alpha value is -2.55. The summed E-state index contributed by atoms with van der Waals surface area (Å²) in [4.78, 5) is 19.0. The first-order chi connectivity index (χ1) is 11.9. The quantitative estimate of drug-likeness (QED) is 0.703. The van der Waals surface area contributed by atoms with Crippen molar-refractivity contribution in [2.45, 2.75) is 32.5 Å². The van der Waals surface area contributed by atoms with E-state index in [1.54, 1.807) is 45.0 Å². The predicted octanol–water partition coefficient (Wildman–Crippen LogP) is 5.24. The van der Waals surface area contributed by atoms with Crippen molar-refractivity contribution in [3.63, 3.8) is 0 Å². The molecule has 2 N–H and O–H groups in total. The molecule has 0 bridgehead atoms. The van der Waals surface area contributed by atoms with E-state index in [0.29, 0.717) is 17.6 Å². The first kappa shape index (κ1) is 19.8. The SMILES string of the molecule is CC(C)(C)OC(=O)Nc1cccc(Nc2ncc(C(F)(F)F)c(Cl)n2)c1. The summed E-state index contributed by atoms with van der Waals surface area (Å²) in [5, 5.41) is 4.56. The number of amides is 1. The van der Waals surface area contributed by atoms with Crippen LogP contribution in [-0.4, -0.2) is 21.7 Å². The monoisotopic (exact) mass is 388 g/mol. The summed E-state index contributed by atoms with van der Waals surface area (Å²) in [6.45, 7) is 5.20. The normalized spacial score (nSPS) is 11.8. The zero-order chi connectivity index (χ0) is 19.5. The van der Waals surface area contributed by atoms with Gasteiger partial charge in [0.25, 0.3) is 0 Å². The topological polar surface area (TPSA) is 76.1 Å². The number of hydrogen-bond acceptors (Lipinski definition) is 5. The number of aromatic nitrogens is 2. The average Bonchev–Trinajstić information content (AvgIpc) is 2.44. The zero-order valence-electron chi connectivity index (χ0n) is 14.1. The molecule has 1 heterocycles. The van der Waals surface area contributed by atoms with Crippen molar-refractivity contribution < 1.29 is 22.7 Å². The second-order valence-corrected chi connectivity index (χ2v) is 6.59. The van der Waals surface area contributed by atoms with Crippen molar-refractivity contribution in [2.24, 2.45) is 0 Å². The van der Waals surface area contributed by atoms with Crippen LogP contribution in [0.3, 0.4) is 0 Å². The summed E-state index contributed by atoms with van der Waals surface area (Å²) in [5.74, 6) is -0.114. The van der Waals surface area contributed by atoms with Gasteiger partial charge in [-0.3, -0.25) is 5.32 Å². The highest BCUT2D eigenvalue weighted by atomic mass is 35.5. The predicted molar refractivity (Wildman–Crippen MR) is 91.6 cm³/mol. The van der Waals surface area contributed by atoms with Crippen LogP contribution < -0.4 is 10.6 Å². The Labute approximate surface area is 152 Å². The van der Waals surface area contributed by atoms with Gasteiger partial charge in [0, 0.05) is 17.6 Å². The lowest BCUT2D eigenvalue weighted by Crippen LogP contribution is -2.27. The van der Waals surface area contributed by atoms with Crippen LogP contribution in [0.1, 0.15) is 26.3 Å². The molecule has 0 unspecified atom stereocenters. The van der Waals surface area contributed by atoms with E-state index in [0.717, 1.165) is 0 Å². The molecule has 0 saturated heterocycles. The second kappa shape index (κ2) is 7.36. The molecule has 0 aliphatic carbocycles. The van der Waals surface area contributed by atoms with E-state index in [-0.39, 0.29) is 5.95 Å². The molecule has 2 aromatic rings. The largest absolute Gasteiger partial charge is 0.444 e. The van der Waals surface area contributed by atoms with Gasteiger partial charge in [0.05, 0.1) is 0 Å². The first-order valence-electron chi connectivity index (χ1n) is 7.41. The van der Waals surface area contributed by atoms with Crippen LogP contribution in [0, 0.1) is 0 Å². The maximum atomic E-state index is 12.7. The van der Waals surface area contributed by atoms with Gasteiger partial charge >= 0.3 is 12.3 Å². The maximum absolute atomic E-state index is 12.7. The van der Waals surface area contributed by atoms with Crippen LogP contribution in [0.5, 0.6) is 0 Å². The highest BCUT2D eigenvalue weighted by Crippen LogP contribution is 2.33. The number of ether oxygens (including phenoxy) is 1. The van der Waals surface area contributed by atoms with Crippen molar-refractivity contribution in [3.8, 4) is 0 Å². The van der Waals surface area contributed by atoms with Crippen LogP contribution in [-0.2, 0) is 10.9 Å². The molecule has 10 heteroatoms. The van der Waals surface area contributed by atoms with Crippen molar-refractivity contribution in [1.82, 2.24) is 9.97 Å². The number of carbonyl (C=O) groups excluding carboxylic acids is 1. The molecule has 1 aromatic heterocycles. The van der Waals surface area contributed by atoms with E-state index in [1.807, 2.05) is 0 Å². The second-order valence-electron chi connectivity index (χ2n) is 6.23. The molecule has 26 heavy (non-hydrogen) atoms. The Bertz CT molecular complexity index is 807. The number of nitrogens with zero attached hydrogens (tertiary/aromatic N) is 2. The fourth-order valence-electron chi connectivity index (χ4n) is 1.84. The molecule has 0 spiro atoms. The summed E-state index contributed by atoms with van der Waals surface area (Å²) in [7, 11) is 0. The highest BCUT2D eigenvalue weighted by molar-refractivity contribution is 6.30. The molecule has 2 rings (SSSR count). The van der Waals surface area contributed by atoms with Crippen molar-refractivity contribution in [3.05, 3.63) is 41.2 Å². The lowest BCUT2D eigenvalue weighted by Gasteiger charge is -2.19. The number of anilines is 3. The number of alkyl halides is 3. The Balaban J connectivity index is 2.11. The fraction of sp³-hybridized carbons (Fsp3) is 0.312. The first-order valence-corrected chi connectivity index (χ1v) is 7.79. The Morgan fingerprint density at radius 2 is 1.85 bits per heavy atom. The number of carbonyl (C=O) groups is 1. The molecular formula is C16H16ClF3N4O2. The van der Waals surface area contributed by atoms with Gasteiger partial charge in [0.1, 0.15) is 16.3 Å². The minimum atomic E-state index is -4.63. The van der Waals surface area contributed by atoms with Crippen molar-refractivity contribution >= 4 is 35.0 Å². The molecule has 6 nitrogen and oxygen atoms in total. The van der Waals surface area contributed by atoms with E-state index in [1.165, 1.54) is 0 Å². The van der Waals surface area contributed by atoms with Crippen molar-refractivity contribution in [2.75, 3.05) is 10.6 Å². The number of benzene rings is 1. The standard InChI is InChI=1S/C16H16ClF3N4O2/c1-15(2,3)26-14(25)23-10-6-4-5-9(7-10)22-13-21-8-11(12(17)24-13)16(18,19)20/h4-8H,1-3H3,(H,23,25)(H,21,22,24). The lowest BCUT2D eigenvalue weighted by molar-refractivity contribution is -0.137. The molecule has 0 fully saturated rings. The van der Waals surface area contributed by atoms with E-state index in [2.05, 4.69) is 20.6 Å². The highest BCUT2D eigenvalue weighted by Gasteiger charge is 2.34. The van der Waals surface area contributed by atoms with E-state index < -0.39 is 28.6 Å². The number of halogens is 4. The third-order valence-corrected chi connectivity index (χ3v) is 3.10. The van der Waals surface area contributed by atoms with Crippen LogP contribution in [0.15, 0.2) is 30.5 Å². The van der Waals surface area contributed by atoms with Gasteiger partial charge in [-0.05, 0) is 39.0 Å². The van der Waals surface area contributed by atoms with Gasteiger partial charge in [-0.15, -0.1) is 0 Å². The maximum Gasteiger partial charge on any atom is 0.420 e. The van der Waals surface area contributed by atoms with Gasteiger partial charge in [-0.2, -0.15) is 13.2 Å². The summed E-state index contributed by atoms with van der Waals surface area (Å²) < 4.78 is 43.1. The average molecular weight is 389 g/mol. The number of nitrogens with one attached hydrogen (secondary N) is 2. The van der Waals surface area contributed by atoms with E-state index in [4.69, 9.17) is 16.3 Å². The Morgan fingerprint density at radius 1 is 1.19 bits per heavy atom. The van der Waals surface area contributed by atoms with Gasteiger partial charge in [0.15, 0.2) is 0 Å². The number of rotatable bonds is 3. The lowest BCUT2D eigenvalue weighted by atomic mass is 10.2. The Morgan fingerprint density at radius 3 is 2.42 bits per heavy atom. The van der Waals surface area contributed by atoms with Crippen LogP contribution >= 0.6 is 11.6 Å². The number of hydrogen-bond donors (Lipinski definition) is 2. The van der Waals surface area contributed by atoms with Crippen LogP contribution in [0.2, 0.25) is 5.15 Å².